The summed E-state index contributed by atoms with van der Waals surface area (Å²) in [4.78, 5) is 38.2. The number of nitrogens with one attached hydrogen (secondary N) is 3. The number of hydrogen-bond acceptors (Lipinski definition) is 8. The number of benzene rings is 3. The summed E-state index contributed by atoms with van der Waals surface area (Å²) < 4.78 is 35.8. The van der Waals surface area contributed by atoms with E-state index in [1.807, 2.05) is 67.6 Å². The molecular formula is C29H31N3O7S2. The summed E-state index contributed by atoms with van der Waals surface area (Å²) in [6, 6.07) is 22.5. The van der Waals surface area contributed by atoms with E-state index in [1.54, 1.807) is 19.1 Å². The van der Waals surface area contributed by atoms with Crippen LogP contribution in [0.1, 0.15) is 23.6 Å². The highest BCUT2D eigenvalue weighted by Gasteiger charge is 2.43. The van der Waals surface area contributed by atoms with Gasteiger partial charge in [0, 0.05) is 6.42 Å². The molecule has 4 rings (SSSR count). The molecule has 0 radical (unpaired) electrons. The molecule has 0 aromatic heterocycles. The van der Waals surface area contributed by atoms with Crippen molar-refractivity contribution in [3.63, 3.8) is 0 Å². The molecule has 0 saturated carbocycles. The van der Waals surface area contributed by atoms with E-state index in [4.69, 9.17) is 8.92 Å². The number of ether oxygens (including phenoxy) is 1. The second-order valence-corrected chi connectivity index (χ2v) is 12.4. The molecule has 1 heterocycles. The molecule has 0 spiro atoms. The third-order valence-electron chi connectivity index (χ3n) is 6.18. The van der Waals surface area contributed by atoms with Gasteiger partial charge in [0.1, 0.15) is 29.5 Å². The Morgan fingerprint density at radius 2 is 1.56 bits per heavy atom. The van der Waals surface area contributed by atoms with Crippen molar-refractivity contribution in [2.75, 3.05) is 0 Å². The van der Waals surface area contributed by atoms with Crippen LogP contribution in [0.5, 0.6) is 0 Å². The highest BCUT2D eigenvalue weighted by atomic mass is 32.2. The van der Waals surface area contributed by atoms with Gasteiger partial charge in [0.25, 0.3) is 10.1 Å². The summed E-state index contributed by atoms with van der Waals surface area (Å²) in [6.07, 6.45) is -0.620. The molecule has 1 saturated heterocycles. The molecule has 1 aliphatic rings. The van der Waals surface area contributed by atoms with E-state index in [1.165, 1.54) is 12.1 Å². The van der Waals surface area contributed by atoms with Gasteiger partial charge in [-0.3, -0.25) is 13.8 Å². The van der Waals surface area contributed by atoms with Crippen molar-refractivity contribution in [2.24, 2.45) is 0 Å². The molecule has 1 fully saturated rings. The molecular weight excluding hydrogens is 566 g/mol. The fourth-order valence-electron chi connectivity index (χ4n) is 4.00. The van der Waals surface area contributed by atoms with E-state index < -0.39 is 50.9 Å². The van der Waals surface area contributed by atoms with Crippen LogP contribution in [0.15, 0.2) is 89.8 Å². The zero-order valence-electron chi connectivity index (χ0n) is 22.5. The number of aryl methyl sites for hydroxylation is 1. The van der Waals surface area contributed by atoms with Crippen LogP contribution >= 0.6 is 11.8 Å². The second kappa shape index (κ2) is 13.7. The molecule has 41 heavy (non-hydrogen) atoms. The van der Waals surface area contributed by atoms with Gasteiger partial charge in [-0.25, -0.2) is 4.79 Å². The Labute approximate surface area is 243 Å². The second-order valence-electron chi connectivity index (χ2n) is 9.43. The van der Waals surface area contributed by atoms with Gasteiger partial charge in [0.15, 0.2) is 0 Å². The number of hydrogen-bond donors (Lipinski definition) is 3. The minimum atomic E-state index is -4.03. The molecule has 3 aromatic carbocycles. The number of β-lactam (4-membered cyclic amide) rings is 1. The van der Waals surface area contributed by atoms with Crippen LogP contribution in [0.25, 0.3) is 0 Å². The van der Waals surface area contributed by atoms with Crippen molar-refractivity contribution in [3.05, 3.63) is 102 Å². The van der Waals surface area contributed by atoms with Gasteiger partial charge >= 0.3 is 6.09 Å². The third-order valence-corrected chi connectivity index (χ3v) is 8.86. The van der Waals surface area contributed by atoms with Gasteiger partial charge in [-0.15, -0.1) is 11.8 Å². The van der Waals surface area contributed by atoms with Crippen LogP contribution < -0.4 is 16.0 Å². The number of carbonyl (C=O) groups is 3. The first-order valence-electron chi connectivity index (χ1n) is 12.9. The molecule has 3 amide bonds. The molecule has 3 N–H and O–H groups in total. The van der Waals surface area contributed by atoms with Crippen molar-refractivity contribution in [1.82, 2.24) is 16.0 Å². The maximum Gasteiger partial charge on any atom is 0.408 e. The predicted octanol–water partition coefficient (Wildman–Crippen LogP) is 3.26. The van der Waals surface area contributed by atoms with Gasteiger partial charge in [-0.2, -0.15) is 8.42 Å². The summed E-state index contributed by atoms with van der Waals surface area (Å²) in [5.41, 5.74) is 1.63. The summed E-state index contributed by atoms with van der Waals surface area (Å²) in [5.74, 6) is -1.02. The molecule has 0 bridgehead atoms. The predicted molar refractivity (Wildman–Crippen MR) is 154 cm³/mol. The zero-order valence-corrected chi connectivity index (χ0v) is 24.1. The molecule has 1 aliphatic heterocycles. The standard InChI is InChI=1S/C29H31N3O7S2/c1-19-13-15-23(16-14-19)41(36,37)39-20(2)40-28-25(27(34)32-28)31-26(33)24(17-21-9-5-3-6-10-21)30-29(35)38-18-22-11-7-4-8-12-22/h3-16,20,24-25,28H,17-18H2,1-2H3,(H,30,35)(H,31,33)(H,32,34)/t20?,24-,25+,28?/m0/s1. The van der Waals surface area contributed by atoms with Crippen LogP contribution in [0.2, 0.25) is 0 Å². The van der Waals surface area contributed by atoms with Gasteiger partial charge in [-0.1, -0.05) is 78.4 Å². The first kappa shape index (κ1) is 30.1. The average molecular weight is 598 g/mol. The van der Waals surface area contributed by atoms with Crippen LogP contribution in [0.4, 0.5) is 4.79 Å². The Bertz CT molecular complexity index is 1450. The minimum absolute atomic E-state index is 0.0204. The zero-order chi connectivity index (χ0) is 29.4. The SMILES string of the molecule is Cc1ccc(S(=O)(=O)OC(C)SC2NC(=O)[C@H]2NC(=O)[C@H](Cc2ccccc2)NC(=O)OCc2ccccc2)cc1. The summed E-state index contributed by atoms with van der Waals surface area (Å²) in [7, 11) is -4.03. The van der Waals surface area contributed by atoms with Gasteiger partial charge in [0.2, 0.25) is 11.8 Å². The molecule has 3 aromatic rings. The van der Waals surface area contributed by atoms with E-state index in [2.05, 4.69) is 16.0 Å². The van der Waals surface area contributed by atoms with E-state index >= 15 is 0 Å². The lowest BCUT2D eigenvalue weighted by Crippen LogP contribution is -2.69. The molecule has 4 atom stereocenters. The Morgan fingerprint density at radius 1 is 0.951 bits per heavy atom. The lowest BCUT2D eigenvalue weighted by molar-refractivity contribution is -0.134. The average Bonchev–Trinajstić information content (AvgIpc) is 2.95. The first-order valence-corrected chi connectivity index (χ1v) is 15.2. The van der Waals surface area contributed by atoms with Crippen LogP contribution in [-0.4, -0.2) is 49.2 Å². The van der Waals surface area contributed by atoms with E-state index in [9.17, 15) is 22.8 Å². The van der Waals surface area contributed by atoms with Crippen molar-refractivity contribution < 1.29 is 31.7 Å². The number of rotatable bonds is 12. The normalized spacial score (nSPS) is 17.9. The number of amides is 3. The Kier molecular flexibility index (Phi) is 10.0. The number of thioether (sulfide) groups is 1. The highest BCUT2D eigenvalue weighted by molar-refractivity contribution is 8.01. The van der Waals surface area contributed by atoms with E-state index in [0.717, 1.165) is 28.5 Å². The van der Waals surface area contributed by atoms with Crippen molar-refractivity contribution in [3.8, 4) is 0 Å². The van der Waals surface area contributed by atoms with E-state index in [-0.39, 0.29) is 17.9 Å². The van der Waals surface area contributed by atoms with Gasteiger partial charge < -0.3 is 20.7 Å². The maximum absolute atomic E-state index is 13.3. The van der Waals surface area contributed by atoms with Crippen LogP contribution in [-0.2, 0) is 41.7 Å². The summed E-state index contributed by atoms with van der Waals surface area (Å²) in [6.45, 7) is 3.42. The molecule has 12 heteroatoms. The fraction of sp³-hybridized carbons (Fsp3) is 0.276. The molecule has 0 aliphatic carbocycles. The largest absolute Gasteiger partial charge is 0.445 e. The smallest absolute Gasteiger partial charge is 0.408 e. The number of carbonyl (C=O) groups excluding carboxylic acids is 3. The third kappa shape index (κ3) is 8.56. The summed E-state index contributed by atoms with van der Waals surface area (Å²) in [5, 5.41) is 7.28. The van der Waals surface area contributed by atoms with Crippen molar-refractivity contribution >= 4 is 39.8 Å². The van der Waals surface area contributed by atoms with E-state index in [0.29, 0.717) is 0 Å². The molecule has 2 unspecified atom stereocenters. The fourth-order valence-corrected chi connectivity index (χ4v) is 6.37. The lowest BCUT2D eigenvalue weighted by Gasteiger charge is -2.38. The minimum Gasteiger partial charge on any atom is -0.445 e. The number of alkyl carbamates (subject to hydrolysis) is 1. The Morgan fingerprint density at radius 3 is 2.17 bits per heavy atom. The van der Waals surface area contributed by atoms with Crippen molar-refractivity contribution in [1.29, 1.82) is 0 Å². The van der Waals surface area contributed by atoms with Crippen LogP contribution in [0, 0.1) is 6.92 Å². The topological polar surface area (TPSA) is 140 Å². The maximum atomic E-state index is 13.3. The Hall–Kier alpha value is -3.87. The lowest BCUT2D eigenvalue weighted by atomic mass is 10.0. The quantitative estimate of drug-likeness (QED) is 0.164. The van der Waals surface area contributed by atoms with Crippen molar-refractivity contribution in [2.45, 2.75) is 54.7 Å². The Balaban J connectivity index is 1.37. The highest BCUT2D eigenvalue weighted by Crippen LogP contribution is 2.28. The first-order chi connectivity index (χ1) is 19.6. The van der Waals surface area contributed by atoms with Gasteiger partial charge in [-0.05, 0) is 37.1 Å². The van der Waals surface area contributed by atoms with Gasteiger partial charge in [0.05, 0.1) is 4.90 Å². The molecule has 216 valence electrons. The molecule has 10 nitrogen and oxygen atoms in total. The van der Waals surface area contributed by atoms with Crippen LogP contribution in [0.3, 0.4) is 0 Å². The monoisotopic (exact) mass is 597 g/mol. The summed E-state index contributed by atoms with van der Waals surface area (Å²) >= 11 is 1.04.